The van der Waals surface area contributed by atoms with Gasteiger partial charge in [0.1, 0.15) is 18.2 Å². The number of benzene rings is 2. The van der Waals surface area contributed by atoms with E-state index < -0.39 is 0 Å². The highest BCUT2D eigenvalue weighted by Crippen LogP contribution is 2.33. The number of fused-ring (bicyclic) bond motifs is 1. The summed E-state index contributed by atoms with van der Waals surface area (Å²) in [5.41, 5.74) is 1.15. The molecular formula is C24H22Br2ClN3O2. The van der Waals surface area contributed by atoms with E-state index in [1.807, 2.05) is 12.1 Å². The Hall–Kier alpha value is -1.96. The third-order valence-corrected chi connectivity index (χ3v) is 6.80. The van der Waals surface area contributed by atoms with E-state index in [0.29, 0.717) is 44.1 Å². The number of aromatic nitrogens is 2. The summed E-state index contributed by atoms with van der Waals surface area (Å²) in [6.07, 6.45) is 8.74. The molecule has 0 saturated heterocycles. The lowest BCUT2D eigenvalue weighted by Crippen LogP contribution is -2.25. The fourth-order valence-corrected chi connectivity index (χ4v) is 5.30. The van der Waals surface area contributed by atoms with Gasteiger partial charge in [-0.25, -0.2) is 4.98 Å². The van der Waals surface area contributed by atoms with Crippen molar-refractivity contribution in [2.24, 2.45) is 5.10 Å². The van der Waals surface area contributed by atoms with Crippen LogP contribution < -0.4 is 10.3 Å². The van der Waals surface area contributed by atoms with Gasteiger partial charge in [-0.2, -0.15) is 9.78 Å². The molecule has 1 aliphatic carbocycles. The van der Waals surface area contributed by atoms with Crippen molar-refractivity contribution in [3.05, 3.63) is 78.7 Å². The van der Waals surface area contributed by atoms with Gasteiger partial charge in [-0.1, -0.05) is 59.4 Å². The molecule has 0 amide bonds. The van der Waals surface area contributed by atoms with Crippen molar-refractivity contribution in [3.8, 4) is 5.75 Å². The molecule has 0 spiro atoms. The maximum Gasteiger partial charge on any atom is 0.282 e. The first kappa shape index (κ1) is 23.2. The van der Waals surface area contributed by atoms with Gasteiger partial charge in [-0.05, 0) is 59.1 Å². The highest BCUT2D eigenvalue weighted by molar-refractivity contribution is 9.10. The Balaban J connectivity index is 1.86. The first-order valence-electron chi connectivity index (χ1n) is 10.5. The SMILES string of the molecule is C=CCOc1c(Br)cc(Cl)cc1C=Nn1c(C2CCCCC2)nc2ccc(Br)cc2c1=O. The number of ether oxygens (including phenoxy) is 1. The normalized spacial score (nSPS) is 14.8. The van der Waals surface area contributed by atoms with E-state index in [1.54, 1.807) is 30.5 Å². The molecule has 0 radical (unpaired) electrons. The minimum absolute atomic E-state index is 0.192. The zero-order valence-electron chi connectivity index (χ0n) is 17.4. The Bertz CT molecular complexity index is 1250. The molecule has 1 heterocycles. The summed E-state index contributed by atoms with van der Waals surface area (Å²) in [7, 11) is 0. The summed E-state index contributed by atoms with van der Waals surface area (Å²) in [6.45, 7) is 4.03. The van der Waals surface area contributed by atoms with Crippen LogP contribution in [0, 0.1) is 0 Å². The van der Waals surface area contributed by atoms with Crippen LogP contribution in [0.1, 0.15) is 49.4 Å². The second kappa shape index (κ2) is 10.3. The number of hydrogen-bond acceptors (Lipinski definition) is 4. The zero-order valence-corrected chi connectivity index (χ0v) is 21.3. The first-order valence-corrected chi connectivity index (χ1v) is 12.4. The van der Waals surface area contributed by atoms with Crippen LogP contribution >= 0.6 is 43.5 Å². The lowest BCUT2D eigenvalue weighted by Gasteiger charge is -2.22. The van der Waals surface area contributed by atoms with Crippen molar-refractivity contribution in [3.63, 3.8) is 0 Å². The maximum absolute atomic E-state index is 13.5. The topological polar surface area (TPSA) is 56.5 Å². The van der Waals surface area contributed by atoms with Crippen molar-refractivity contribution in [1.82, 2.24) is 9.66 Å². The highest BCUT2D eigenvalue weighted by atomic mass is 79.9. The summed E-state index contributed by atoms with van der Waals surface area (Å²) in [5.74, 6) is 1.49. The van der Waals surface area contributed by atoms with Gasteiger partial charge in [0.15, 0.2) is 0 Å². The van der Waals surface area contributed by atoms with Crippen LogP contribution in [0.5, 0.6) is 5.75 Å². The lowest BCUT2D eigenvalue weighted by molar-refractivity contribution is 0.360. The van der Waals surface area contributed by atoms with Gasteiger partial charge >= 0.3 is 0 Å². The third-order valence-electron chi connectivity index (χ3n) is 5.50. The predicted octanol–water partition coefficient (Wildman–Crippen LogP) is 7.07. The molecule has 3 aromatic rings. The van der Waals surface area contributed by atoms with Gasteiger partial charge in [0, 0.05) is 21.0 Å². The predicted molar refractivity (Wildman–Crippen MR) is 137 cm³/mol. The first-order chi connectivity index (χ1) is 15.5. The van der Waals surface area contributed by atoms with Gasteiger partial charge in [-0.3, -0.25) is 4.79 Å². The fraction of sp³-hybridized carbons (Fsp3) is 0.292. The summed E-state index contributed by atoms with van der Waals surface area (Å²) < 4.78 is 8.77. The van der Waals surface area contributed by atoms with E-state index in [1.165, 1.54) is 11.1 Å². The van der Waals surface area contributed by atoms with E-state index in [2.05, 4.69) is 43.5 Å². The van der Waals surface area contributed by atoms with Crippen molar-refractivity contribution in [2.75, 3.05) is 6.61 Å². The quantitative estimate of drug-likeness (QED) is 0.232. The Kier molecular flexibility index (Phi) is 7.48. The Labute approximate surface area is 208 Å². The molecule has 4 rings (SSSR count). The third kappa shape index (κ3) is 5.00. The molecule has 166 valence electrons. The van der Waals surface area contributed by atoms with E-state index in [9.17, 15) is 4.79 Å². The Morgan fingerprint density at radius 3 is 2.75 bits per heavy atom. The average molecular weight is 580 g/mol. The highest BCUT2D eigenvalue weighted by Gasteiger charge is 2.22. The summed E-state index contributed by atoms with van der Waals surface area (Å²) in [6, 6.07) is 9.07. The summed E-state index contributed by atoms with van der Waals surface area (Å²) in [4.78, 5) is 18.3. The Morgan fingerprint density at radius 1 is 1.22 bits per heavy atom. The fourth-order valence-electron chi connectivity index (χ4n) is 3.99. The van der Waals surface area contributed by atoms with Gasteiger partial charge in [0.05, 0.1) is 21.6 Å². The molecule has 1 aliphatic rings. The van der Waals surface area contributed by atoms with Crippen molar-refractivity contribution >= 4 is 60.6 Å². The molecule has 0 N–H and O–H groups in total. The number of nitrogens with zero attached hydrogens (tertiary/aromatic N) is 3. The van der Waals surface area contributed by atoms with Gasteiger partial charge in [0.25, 0.3) is 5.56 Å². The van der Waals surface area contributed by atoms with Crippen LogP contribution in [0.25, 0.3) is 10.9 Å². The van der Waals surface area contributed by atoms with E-state index in [0.717, 1.165) is 30.2 Å². The van der Waals surface area contributed by atoms with Crippen LogP contribution in [0.15, 0.2) is 61.8 Å². The monoisotopic (exact) mass is 577 g/mol. The summed E-state index contributed by atoms with van der Waals surface area (Å²) in [5, 5.41) is 5.65. The molecule has 0 aliphatic heterocycles. The average Bonchev–Trinajstić information content (AvgIpc) is 2.78. The largest absolute Gasteiger partial charge is 0.488 e. The minimum Gasteiger partial charge on any atom is -0.488 e. The van der Waals surface area contributed by atoms with Crippen molar-refractivity contribution < 1.29 is 4.74 Å². The van der Waals surface area contributed by atoms with Crippen LogP contribution in [0.2, 0.25) is 5.02 Å². The second-order valence-corrected chi connectivity index (χ2v) is 9.94. The number of hydrogen-bond donors (Lipinski definition) is 0. The number of rotatable bonds is 6. The molecule has 2 aromatic carbocycles. The molecule has 32 heavy (non-hydrogen) atoms. The molecule has 0 unspecified atom stereocenters. The van der Waals surface area contributed by atoms with Crippen molar-refractivity contribution in [2.45, 2.75) is 38.0 Å². The minimum atomic E-state index is -0.192. The molecule has 0 atom stereocenters. The molecule has 1 aromatic heterocycles. The molecule has 0 bridgehead atoms. The van der Waals surface area contributed by atoms with Gasteiger partial charge in [-0.15, -0.1) is 0 Å². The molecule has 1 fully saturated rings. The van der Waals surface area contributed by atoms with Gasteiger partial charge in [0.2, 0.25) is 0 Å². The van der Waals surface area contributed by atoms with E-state index in [4.69, 9.17) is 21.3 Å². The zero-order chi connectivity index (χ0) is 22.7. The van der Waals surface area contributed by atoms with E-state index >= 15 is 0 Å². The maximum atomic E-state index is 13.5. The smallest absolute Gasteiger partial charge is 0.282 e. The second-order valence-electron chi connectivity index (χ2n) is 7.73. The van der Waals surface area contributed by atoms with Crippen LogP contribution in [-0.2, 0) is 0 Å². The lowest BCUT2D eigenvalue weighted by atomic mass is 9.88. The van der Waals surface area contributed by atoms with Crippen LogP contribution in [0.4, 0.5) is 0 Å². The van der Waals surface area contributed by atoms with Gasteiger partial charge < -0.3 is 4.74 Å². The van der Waals surface area contributed by atoms with Crippen molar-refractivity contribution in [1.29, 1.82) is 0 Å². The van der Waals surface area contributed by atoms with E-state index in [-0.39, 0.29) is 11.5 Å². The molecule has 5 nitrogen and oxygen atoms in total. The molecule has 8 heteroatoms. The molecular weight excluding hydrogens is 558 g/mol. The van der Waals surface area contributed by atoms with Crippen LogP contribution in [0.3, 0.4) is 0 Å². The van der Waals surface area contributed by atoms with Crippen LogP contribution in [-0.4, -0.2) is 22.5 Å². The molecule has 1 saturated carbocycles. The standard InChI is InChI=1S/C24H22Br2ClN3O2/c1-2-10-32-22-16(11-18(27)13-20(22)26)14-28-30-23(15-6-4-3-5-7-15)29-21-9-8-17(25)12-19(21)24(30)31/h2,8-9,11-15H,1,3-7,10H2. The Morgan fingerprint density at radius 2 is 2.00 bits per heavy atom. The number of halogens is 3. The summed E-state index contributed by atoms with van der Waals surface area (Å²) >= 11 is 13.2.